The van der Waals surface area contributed by atoms with Gasteiger partial charge in [0, 0.05) is 19.7 Å². The Kier molecular flexibility index (Phi) is 8.31. The van der Waals surface area contributed by atoms with Crippen LogP contribution in [-0.4, -0.2) is 32.4 Å². The van der Waals surface area contributed by atoms with Gasteiger partial charge in [-0.05, 0) is 44.4 Å². The Labute approximate surface area is 123 Å². The van der Waals surface area contributed by atoms with Crippen LogP contribution in [0.2, 0.25) is 0 Å². The van der Waals surface area contributed by atoms with Gasteiger partial charge in [-0.25, -0.2) is 0 Å². The first kappa shape index (κ1) is 17.0. The van der Waals surface area contributed by atoms with E-state index in [9.17, 15) is 0 Å². The zero-order chi connectivity index (χ0) is 14.8. The largest absolute Gasteiger partial charge is 0.489 e. The zero-order valence-electron chi connectivity index (χ0n) is 13.3. The second-order valence-electron chi connectivity index (χ2n) is 5.41. The van der Waals surface area contributed by atoms with E-state index in [1.165, 1.54) is 18.4 Å². The second kappa shape index (κ2) is 9.78. The Morgan fingerprint density at radius 1 is 1.15 bits per heavy atom. The highest BCUT2D eigenvalue weighted by molar-refractivity contribution is 5.27. The van der Waals surface area contributed by atoms with E-state index in [-0.39, 0.29) is 6.10 Å². The van der Waals surface area contributed by atoms with Crippen molar-refractivity contribution in [1.82, 2.24) is 5.32 Å². The maximum atomic E-state index is 5.91. The lowest BCUT2D eigenvalue weighted by atomic mass is 10.1. The smallest absolute Gasteiger partial charge is 0.119 e. The molecule has 1 N–H and O–H groups in total. The average Bonchev–Trinajstić information content (AvgIpc) is 2.45. The molecule has 2 unspecified atom stereocenters. The average molecular weight is 279 g/mol. The number of hydrogen-bond donors (Lipinski definition) is 1. The van der Waals surface area contributed by atoms with Crippen molar-refractivity contribution in [2.45, 2.75) is 52.2 Å². The first-order valence-electron chi connectivity index (χ1n) is 7.63. The standard InChI is InChI=1S/C17H29NO2/c1-5-6-14(2)18-13-15(3)20-17-9-7-16(8-10-17)11-12-19-4/h7-10,14-15,18H,5-6,11-13H2,1-4H3. The van der Waals surface area contributed by atoms with Crippen LogP contribution in [0.5, 0.6) is 5.75 Å². The van der Waals surface area contributed by atoms with Gasteiger partial charge in [-0.15, -0.1) is 0 Å². The summed E-state index contributed by atoms with van der Waals surface area (Å²) >= 11 is 0. The van der Waals surface area contributed by atoms with Crippen LogP contribution in [0.3, 0.4) is 0 Å². The van der Waals surface area contributed by atoms with Crippen molar-refractivity contribution < 1.29 is 9.47 Å². The molecule has 0 aromatic heterocycles. The normalized spacial score (nSPS) is 14.0. The van der Waals surface area contributed by atoms with Gasteiger partial charge in [0.15, 0.2) is 0 Å². The summed E-state index contributed by atoms with van der Waals surface area (Å²) in [5, 5.41) is 3.50. The monoisotopic (exact) mass is 279 g/mol. The lowest BCUT2D eigenvalue weighted by Gasteiger charge is -2.19. The van der Waals surface area contributed by atoms with Crippen molar-refractivity contribution in [1.29, 1.82) is 0 Å². The van der Waals surface area contributed by atoms with Gasteiger partial charge >= 0.3 is 0 Å². The van der Waals surface area contributed by atoms with Crippen LogP contribution >= 0.6 is 0 Å². The molecule has 0 amide bonds. The minimum Gasteiger partial charge on any atom is -0.489 e. The summed E-state index contributed by atoms with van der Waals surface area (Å²) in [5.74, 6) is 0.934. The molecular weight excluding hydrogens is 250 g/mol. The molecule has 1 aromatic rings. The van der Waals surface area contributed by atoms with Crippen molar-refractivity contribution in [3.8, 4) is 5.75 Å². The van der Waals surface area contributed by atoms with E-state index >= 15 is 0 Å². The minimum atomic E-state index is 0.180. The van der Waals surface area contributed by atoms with Crippen molar-refractivity contribution in [2.75, 3.05) is 20.3 Å². The molecule has 0 bridgehead atoms. The number of ether oxygens (including phenoxy) is 2. The van der Waals surface area contributed by atoms with Gasteiger partial charge in [0.25, 0.3) is 0 Å². The second-order valence-corrected chi connectivity index (χ2v) is 5.41. The summed E-state index contributed by atoms with van der Waals surface area (Å²) in [4.78, 5) is 0. The van der Waals surface area contributed by atoms with E-state index in [1.807, 2.05) is 12.1 Å². The Balaban J connectivity index is 2.32. The van der Waals surface area contributed by atoms with Gasteiger partial charge in [0.2, 0.25) is 0 Å². The molecule has 1 aromatic carbocycles. The van der Waals surface area contributed by atoms with Crippen LogP contribution < -0.4 is 10.1 Å². The molecule has 0 aliphatic carbocycles. The molecule has 0 fully saturated rings. The molecule has 0 saturated heterocycles. The fraction of sp³-hybridized carbons (Fsp3) is 0.647. The number of methoxy groups -OCH3 is 1. The van der Waals surface area contributed by atoms with Crippen LogP contribution in [0.4, 0.5) is 0 Å². The Morgan fingerprint density at radius 3 is 2.45 bits per heavy atom. The highest BCUT2D eigenvalue weighted by Crippen LogP contribution is 2.14. The van der Waals surface area contributed by atoms with Crippen molar-refractivity contribution in [3.63, 3.8) is 0 Å². The predicted molar refractivity (Wildman–Crippen MR) is 84.5 cm³/mol. The molecule has 0 spiro atoms. The van der Waals surface area contributed by atoms with E-state index in [2.05, 4.69) is 38.2 Å². The summed E-state index contributed by atoms with van der Waals surface area (Å²) in [6.07, 6.45) is 3.55. The fourth-order valence-electron chi connectivity index (χ4n) is 2.13. The van der Waals surface area contributed by atoms with Gasteiger partial charge in [0.05, 0.1) is 6.61 Å². The maximum absolute atomic E-state index is 5.91. The predicted octanol–water partition coefficient (Wildman–Crippen LogP) is 3.42. The molecule has 20 heavy (non-hydrogen) atoms. The third-order valence-electron chi connectivity index (χ3n) is 3.33. The highest BCUT2D eigenvalue weighted by Gasteiger charge is 2.06. The first-order valence-corrected chi connectivity index (χ1v) is 7.63. The zero-order valence-corrected chi connectivity index (χ0v) is 13.3. The van der Waals surface area contributed by atoms with Gasteiger partial charge in [-0.1, -0.05) is 25.5 Å². The molecule has 0 saturated carbocycles. The number of nitrogens with one attached hydrogen (secondary N) is 1. The molecule has 3 nitrogen and oxygen atoms in total. The number of hydrogen-bond acceptors (Lipinski definition) is 3. The Hall–Kier alpha value is -1.06. The molecule has 0 heterocycles. The maximum Gasteiger partial charge on any atom is 0.119 e. The molecule has 0 aliphatic rings. The Bertz CT molecular complexity index is 351. The highest BCUT2D eigenvalue weighted by atomic mass is 16.5. The quantitative estimate of drug-likeness (QED) is 0.712. The molecule has 0 aliphatic heterocycles. The molecule has 3 heteroatoms. The minimum absolute atomic E-state index is 0.180. The van der Waals surface area contributed by atoms with Crippen LogP contribution in [0.15, 0.2) is 24.3 Å². The van der Waals surface area contributed by atoms with Crippen molar-refractivity contribution in [3.05, 3.63) is 29.8 Å². The van der Waals surface area contributed by atoms with Crippen molar-refractivity contribution >= 4 is 0 Å². The van der Waals surface area contributed by atoms with Crippen molar-refractivity contribution in [2.24, 2.45) is 0 Å². The third-order valence-corrected chi connectivity index (χ3v) is 3.33. The lowest BCUT2D eigenvalue weighted by Crippen LogP contribution is -2.34. The van der Waals surface area contributed by atoms with Gasteiger partial charge in [-0.3, -0.25) is 0 Å². The topological polar surface area (TPSA) is 30.5 Å². The number of rotatable bonds is 10. The molecule has 1 rings (SSSR count). The SMILES string of the molecule is CCCC(C)NCC(C)Oc1ccc(CCOC)cc1. The van der Waals surface area contributed by atoms with Crippen LogP contribution in [0.1, 0.15) is 39.2 Å². The van der Waals surface area contributed by atoms with Crippen LogP contribution in [0.25, 0.3) is 0 Å². The fourth-order valence-corrected chi connectivity index (χ4v) is 2.13. The lowest BCUT2D eigenvalue weighted by molar-refractivity contribution is 0.202. The molecule has 0 radical (unpaired) electrons. The van der Waals surface area contributed by atoms with Crippen LogP contribution in [-0.2, 0) is 11.2 Å². The van der Waals surface area contributed by atoms with E-state index in [1.54, 1.807) is 7.11 Å². The summed E-state index contributed by atoms with van der Waals surface area (Å²) < 4.78 is 11.0. The van der Waals surface area contributed by atoms with Gasteiger partial charge in [0.1, 0.15) is 11.9 Å². The van der Waals surface area contributed by atoms with E-state index in [4.69, 9.17) is 9.47 Å². The molecule has 114 valence electrons. The van der Waals surface area contributed by atoms with Crippen LogP contribution in [0, 0.1) is 0 Å². The number of benzene rings is 1. The molecular formula is C17H29NO2. The Morgan fingerprint density at radius 2 is 1.85 bits per heavy atom. The van der Waals surface area contributed by atoms with E-state index < -0.39 is 0 Å². The van der Waals surface area contributed by atoms with E-state index in [0.717, 1.165) is 25.3 Å². The summed E-state index contributed by atoms with van der Waals surface area (Å²) in [5.41, 5.74) is 1.28. The summed E-state index contributed by atoms with van der Waals surface area (Å²) in [7, 11) is 1.73. The third kappa shape index (κ3) is 6.92. The molecule has 2 atom stereocenters. The van der Waals surface area contributed by atoms with Gasteiger partial charge in [-0.2, -0.15) is 0 Å². The van der Waals surface area contributed by atoms with E-state index in [0.29, 0.717) is 6.04 Å². The first-order chi connectivity index (χ1) is 9.65. The summed E-state index contributed by atoms with van der Waals surface area (Å²) in [6.45, 7) is 8.18. The van der Waals surface area contributed by atoms with Gasteiger partial charge < -0.3 is 14.8 Å². The summed E-state index contributed by atoms with van der Waals surface area (Å²) in [6, 6.07) is 8.85.